The number of aryl methyl sites for hydroxylation is 1. The van der Waals surface area contributed by atoms with Crippen molar-refractivity contribution < 1.29 is 14.7 Å². The molecule has 0 aliphatic carbocycles. The first-order valence-electron chi connectivity index (χ1n) is 8.81. The van der Waals surface area contributed by atoms with Gasteiger partial charge in [0, 0.05) is 11.4 Å². The zero-order valence-corrected chi connectivity index (χ0v) is 16.7. The Bertz CT molecular complexity index is 1080. The van der Waals surface area contributed by atoms with Gasteiger partial charge >= 0.3 is 5.97 Å². The third-order valence-electron chi connectivity index (χ3n) is 4.36. The van der Waals surface area contributed by atoms with Crippen molar-refractivity contribution in [3.63, 3.8) is 0 Å². The number of carboxylic acid groups (broad SMARTS) is 1. The quantitative estimate of drug-likeness (QED) is 0.511. The number of amides is 1. The van der Waals surface area contributed by atoms with Crippen LogP contribution >= 0.6 is 12.2 Å². The summed E-state index contributed by atoms with van der Waals surface area (Å²) >= 11 is 5.08. The number of nitrogens with one attached hydrogen (secondary N) is 2. The summed E-state index contributed by atoms with van der Waals surface area (Å²) < 4.78 is 1.75. The van der Waals surface area contributed by atoms with Gasteiger partial charge in [-0.1, -0.05) is 34.1 Å². The zero-order chi connectivity index (χ0) is 21.0. The van der Waals surface area contributed by atoms with Crippen LogP contribution in [0.1, 0.15) is 12.5 Å². The van der Waals surface area contributed by atoms with Crippen LogP contribution in [0.5, 0.6) is 0 Å². The van der Waals surface area contributed by atoms with Crippen LogP contribution in [0.4, 0.5) is 11.4 Å². The van der Waals surface area contributed by atoms with E-state index in [1.807, 2.05) is 19.1 Å². The minimum Gasteiger partial charge on any atom is -0.480 e. The molecule has 0 bridgehead atoms. The van der Waals surface area contributed by atoms with Gasteiger partial charge in [-0.3, -0.25) is 4.79 Å². The van der Waals surface area contributed by atoms with Gasteiger partial charge in [0.15, 0.2) is 0 Å². The molecule has 1 unspecified atom stereocenters. The summed E-state index contributed by atoms with van der Waals surface area (Å²) in [7, 11) is 0. The average molecular weight is 412 g/mol. The van der Waals surface area contributed by atoms with E-state index in [2.05, 4.69) is 20.8 Å². The van der Waals surface area contributed by atoms with Crippen molar-refractivity contribution >= 4 is 35.5 Å². The summed E-state index contributed by atoms with van der Waals surface area (Å²) in [6, 6.07) is 13.5. The molecule has 1 heterocycles. The van der Waals surface area contributed by atoms with Crippen LogP contribution in [-0.4, -0.2) is 49.8 Å². The fourth-order valence-electron chi connectivity index (χ4n) is 2.76. The highest BCUT2D eigenvalue weighted by molar-refractivity contribution is 7.71. The van der Waals surface area contributed by atoms with E-state index >= 15 is 0 Å². The van der Waals surface area contributed by atoms with Gasteiger partial charge in [-0.15, -0.1) is 0 Å². The Balaban J connectivity index is 1.78. The number of aromatic amines is 1. The number of anilines is 2. The number of nitrogens with zero attached hydrogens (tertiary/aromatic N) is 4. The topological polar surface area (TPSA) is 116 Å². The summed E-state index contributed by atoms with van der Waals surface area (Å²) in [5, 5.41) is 22.2. The van der Waals surface area contributed by atoms with Crippen molar-refractivity contribution in [3.8, 4) is 5.69 Å². The normalized spacial score (nSPS) is 11.7. The molecular formula is C19H20N6O3S. The molecule has 0 saturated heterocycles. The third-order valence-corrected chi connectivity index (χ3v) is 4.63. The number of tetrazole rings is 1. The minimum absolute atomic E-state index is 0.119. The number of carbonyl (C=O) groups is 2. The van der Waals surface area contributed by atoms with E-state index in [1.54, 1.807) is 43.3 Å². The van der Waals surface area contributed by atoms with Crippen LogP contribution in [-0.2, 0) is 9.59 Å². The molecule has 2 aromatic carbocycles. The van der Waals surface area contributed by atoms with E-state index in [1.165, 1.54) is 9.58 Å². The number of benzene rings is 2. The minimum atomic E-state index is -1.01. The summed E-state index contributed by atoms with van der Waals surface area (Å²) in [6.07, 6.45) is 0. The largest absolute Gasteiger partial charge is 0.480 e. The standard InChI is InChI=1S/C19H20N6O3S/c1-12-6-8-15(9-7-12)24(13(2)18(27)28)11-17(26)20-14-4-3-5-16(10-14)25-19(29)21-22-23-25/h3-10,13H,11H2,1-2H3,(H,20,26)(H,27,28)(H,21,23,29). The van der Waals surface area contributed by atoms with Crippen molar-refractivity contribution in [2.45, 2.75) is 19.9 Å². The molecule has 0 spiro atoms. The molecular weight excluding hydrogens is 392 g/mol. The van der Waals surface area contributed by atoms with Crippen LogP contribution in [0.15, 0.2) is 48.5 Å². The monoisotopic (exact) mass is 412 g/mol. The Labute approximate surface area is 172 Å². The average Bonchev–Trinajstić information content (AvgIpc) is 3.12. The lowest BCUT2D eigenvalue weighted by molar-refractivity contribution is -0.138. The number of hydrogen-bond donors (Lipinski definition) is 3. The van der Waals surface area contributed by atoms with Crippen molar-refractivity contribution in [1.82, 2.24) is 20.2 Å². The number of hydrogen-bond acceptors (Lipinski definition) is 6. The third kappa shape index (κ3) is 4.85. The molecule has 150 valence electrons. The van der Waals surface area contributed by atoms with Crippen molar-refractivity contribution in [2.75, 3.05) is 16.8 Å². The maximum absolute atomic E-state index is 12.6. The first-order valence-corrected chi connectivity index (χ1v) is 9.22. The highest BCUT2D eigenvalue weighted by Crippen LogP contribution is 2.19. The predicted molar refractivity (Wildman–Crippen MR) is 111 cm³/mol. The lowest BCUT2D eigenvalue weighted by atomic mass is 10.1. The van der Waals surface area contributed by atoms with Crippen LogP contribution in [0, 0.1) is 11.7 Å². The zero-order valence-electron chi connectivity index (χ0n) is 15.9. The Kier molecular flexibility index (Phi) is 6.03. The molecule has 0 radical (unpaired) electrons. The second-order valence-electron chi connectivity index (χ2n) is 6.49. The Morgan fingerprint density at radius 2 is 2.00 bits per heavy atom. The molecule has 3 aromatic rings. The van der Waals surface area contributed by atoms with Gasteiger partial charge in [0.2, 0.25) is 10.7 Å². The van der Waals surface area contributed by atoms with Gasteiger partial charge in [-0.25, -0.2) is 9.48 Å². The van der Waals surface area contributed by atoms with Gasteiger partial charge in [-0.05, 0) is 56.4 Å². The van der Waals surface area contributed by atoms with Gasteiger partial charge in [-0.2, -0.15) is 5.21 Å². The van der Waals surface area contributed by atoms with E-state index in [0.29, 0.717) is 17.1 Å². The summed E-state index contributed by atoms with van der Waals surface area (Å²) in [6.45, 7) is 3.37. The van der Waals surface area contributed by atoms with E-state index in [9.17, 15) is 14.7 Å². The highest BCUT2D eigenvalue weighted by Gasteiger charge is 2.23. The Morgan fingerprint density at radius 3 is 2.62 bits per heavy atom. The second-order valence-corrected chi connectivity index (χ2v) is 6.86. The Morgan fingerprint density at radius 1 is 1.28 bits per heavy atom. The maximum atomic E-state index is 12.6. The summed E-state index contributed by atoms with van der Waals surface area (Å²) in [4.78, 5) is 25.7. The smallest absolute Gasteiger partial charge is 0.326 e. The highest BCUT2D eigenvalue weighted by atomic mass is 32.1. The molecule has 3 rings (SSSR count). The molecule has 0 aliphatic heterocycles. The summed E-state index contributed by atoms with van der Waals surface area (Å²) in [5.74, 6) is -1.36. The van der Waals surface area contributed by atoms with Crippen LogP contribution in [0.2, 0.25) is 0 Å². The van der Waals surface area contributed by atoms with Gasteiger partial charge < -0.3 is 15.3 Å². The van der Waals surface area contributed by atoms with Gasteiger partial charge in [0.25, 0.3) is 0 Å². The first kappa shape index (κ1) is 20.2. The van der Waals surface area contributed by atoms with E-state index in [-0.39, 0.29) is 17.2 Å². The molecule has 0 fully saturated rings. The number of aromatic nitrogens is 4. The SMILES string of the molecule is Cc1ccc(N(CC(=O)Nc2cccc(-n3[nH]nnc3=S)c2)C(C)C(=O)O)cc1. The molecule has 1 atom stereocenters. The van der Waals surface area contributed by atoms with E-state index in [0.717, 1.165) is 5.56 Å². The van der Waals surface area contributed by atoms with E-state index < -0.39 is 12.0 Å². The van der Waals surface area contributed by atoms with Crippen molar-refractivity contribution in [3.05, 3.63) is 58.9 Å². The second kappa shape index (κ2) is 8.65. The molecule has 9 nitrogen and oxygen atoms in total. The first-order chi connectivity index (χ1) is 13.8. The molecule has 29 heavy (non-hydrogen) atoms. The number of carbonyl (C=O) groups excluding carboxylic acids is 1. The predicted octanol–water partition coefficient (Wildman–Crippen LogP) is 2.55. The lowest BCUT2D eigenvalue weighted by Crippen LogP contribution is -2.43. The summed E-state index contributed by atoms with van der Waals surface area (Å²) in [5.41, 5.74) is 2.90. The number of aliphatic carboxylic acids is 1. The molecule has 0 saturated carbocycles. The van der Waals surface area contributed by atoms with Crippen molar-refractivity contribution in [2.24, 2.45) is 0 Å². The molecule has 0 aliphatic rings. The van der Waals surface area contributed by atoms with Crippen LogP contribution in [0.3, 0.4) is 0 Å². The fraction of sp³-hybridized carbons (Fsp3) is 0.211. The number of H-pyrrole nitrogens is 1. The Hall–Kier alpha value is -3.53. The molecule has 10 heteroatoms. The molecule has 3 N–H and O–H groups in total. The van der Waals surface area contributed by atoms with E-state index in [4.69, 9.17) is 12.2 Å². The fourth-order valence-corrected chi connectivity index (χ4v) is 2.95. The van der Waals surface area contributed by atoms with Crippen LogP contribution in [0.25, 0.3) is 5.69 Å². The number of rotatable bonds is 7. The number of carboxylic acids is 1. The lowest BCUT2D eigenvalue weighted by Gasteiger charge is -2.28. The van der Waals surface area contributed by atoms with Crippen molar-refractivity contribution in [1.29, 1.82) is 0 Å². The van der Waals surface area contributed by atoms with Gasteiger partial charge in [0.1, 0.15) is 6.04 Å². The van der Waals surface area contributed by atoms with Gasteiger partial charge in [0.05, 0.1) is 12.2 Å². The maximum Gasteiger partial charge on any atom is 0.326 e. The molecule has 1 aromatic heterocycles. The molecule has 1 amide bonds. The van der Waals surface area contributed by atoms with Crippen LogP contribution < -0.4 is 10.2 Å².